The van der Waals surface area contributed by atoms with Gasteiger partial charge in [-0.25, -0.2) is 9.48 Å². The number of nitro groups is 1. The number of rotatable bonds is 7. The summed E-state index contributed by atoms with van der Waals surface area (Å²) >= 11 is 0. The Balaban J connectivity index is 0.000000587. The molecule has 0 aliphatic rings. The number of aromatic nitrogens is 2. The number of carboxylic acids is 1. The van der Waals surface area contributed by atoms with Crippen molar-refractivity contribution < 1.29 is 37.6 Å². The zero-order valence-corrected chi connectivity index (χ0v) is 21.3. The van der Waals surface area contributed by atoms with Crippen molar-refractivity contribution in [2.75, 3.05) is 10.6 Å². The number of amides is 2. The first kappa shape index (κ1) is 30.0. The van der Waals surface area contributed by atoms with Crippen LogP contribution >= 0.6 is 0 Å². The van der Waals surface area contributed by atoms with Crippen molar-refractivity contribution in [1.82, 2.24) is 9.78 Å². The number of carbonyl (C=O) groups excluding carboxylic acids is 2. The Labute approximate surface area is 230 Å². The van der Waals surface area contributed by atoms with Crippen LogP contribution in [-0.4, -0.2) is 43.8 Å². The van der Waals surface area contributed by atoms with Gasteiger partial charge < -0.3 is 15.7 Å². The summed E-state index contributed by atoms with van der Waals surface area (Å²) in [6.45, 7) is 1.98. The van der Waals surface area contributed by atoms with Gasteiger partial charge in [-0.1, -0.05) is 42.0 Å². The first-order valence-corrected chi connectivity index (χ1v) is 11.7. The first-order valence-electron chi connectivity index (χ1n) is 11.7. The molecule has 14 heteroatoms. The number of aryl methyl sites for hydroxylation is 1. The Bertz CT molecular complexity index is 1590. The Morgan fingerprint density at radius 2 is 1.66 bits per heavy atom. The van der Waals surface area contributed by atoms with E-state index in [2.05, 4.69) is 15.7 Å². The Morgan fingerprint density at radius 1 is 0.976 bits per heavy atom. The molecule has 3 N–H and O–H groups in total. The van der Waals surface area contributed by atoms with Crippen LogP contribution in [0.4, 0.5) is 30.2 Å². The first-order chi connectivity index (χ1) is 19.3. The van der Waals surface area contributed by atoms with Gasteiger partial charge in [0.25, 0.3) is 11.6 Å². The van der Waals surface area contributed by atoms with Gasteiger partial charge in [0.15, 0.2) is 0 Å². The van der Waals surface area contributed by atoms with Crippen LogP contribution in [0.2, 0.25) is 0 Å². The van der Waals surface area contributed by atoms with E-state index >= 15 is 0 Å². The maximum absolute atomic E-state index is 12.7. The summed E-state index contributed by atoms with van der Waals surface area (Å²) in [6.07, 6.45) is -1.64. The quantitative estimate of drug-likeness (QED) is 0.205. The summed E-state index contributed by atoms with van der Waals surface area (Å²) in [4.78, 5) is 44.4. The number of nitrogens with zero attached hydrogens (tertiary/aromatic N) is 3. The van der Waals surface area contributed by atoms with Crippen molar-refractivity contribution in [2.24, 2.45) is 0 Å². The standard InChI is InChI=1S/C25H21N5O4.C2HF3O2/c1-17-5-2-6-18(11-17)12-24(31)27-21-15-26-29(16-21)22-9-3-7-19(13-22)25(32)28-20-8-4-10-23(14-20)30(33)34;3-2(4,5)1(6)7/h2-11,13-16H,12H2,1H3,(H,27,31)(H,28,32);(H,6,7). The highest BCUT2D eigenvalue weighted by molar-refractivity contribution is 6.04. The van der Waals surface area contributed by atoms with Gasteiger partial charge in [-0.05, 0) is 36.8 Å². The smallest absolute Gasteiger partial charge is 0.475 e. The molecular weight excluding hydrogens is 547 g/mol. The fourth-order valence-electron chi connectivity index (χ4n) is 3.43. The number of alkyl halides is 3. The number of non-ortho nitro benzene ring substituents is 1. The van der Waals surface area contributed by atoms with Gasteiger partial charge >= 0.3 is 12.1 Å². The monoisotopic (exact) mass is 569 g/mol. The number of hydrogen-bond acceptors (Lipinski definition) is 6. The van der Waals surface area contributed by atoms with E-state index in [1.54, 1.807) is 41.2 Å². The molecule has 0 radical (unpaired) electrons. The van der Waals surface area contributed by atoms with E-state index in [1.165, 1.54) is 24.4 Å². The minimum atomic E-state index is -5.08. The molecule has 0 saturated carbocycles. The minimum absolute atomic E-state index is 0.111. The molecule has 1 heterocycles. The molecule has 212 valence electrons. The van der Waals surface area contributed by atoms with E-state index < -0.39 is 23.0 Å². The molecule has 0 saturated heterocycles. The van der Waals surface area contributed by atoms with Gasteiger partial charge in [0.05, 0.1) is 35.1 Å². The molecule has 11 nitrogen and oxygen atoms in total. The number of carboxylic acid groups (broad SMARTS) is 1. The highest BCUT2D eigenvalue weighted by Gasteiger charge is 2.38. The maximum atomic E-state index is 12.7. The van der Waals surface area contributed by atoms with Crippen LogP contribution in [0, 0.1) is 17.0 Å². The average Bonchev–Trinajstić information content (AvgIpc) is 3.37. The van der Waals surface area contributed by atoms with E-state index in [4.69, 9.17) is 9.90 Å². The number of nitro benzene ring substituents is 1. The Kier molecular flexibility index (Phi) is 9.53. The normalized spacial score (nSPS) is 10.6. The second kappa shape index (κ2) is 13.0. The number of anilines is 2. The lowest BCUT2D eigenvalue weighted by Gasteiger charge is -2.07. The van der Waals surface area contributed by atoms with Crippen molar-refractivity contribution in [2.45, 2.75) is 19.5 Å². The Hall–Kier alpha value is -5.53. The van der Waals surface area contributed by atoms with Crippen LogP contribution in [0.5, 0.6) is 0 Å². The van der Waals surface area contributed by atoms with Crippen LogP contribution < -0.4 is 10.6 Å². The number of benzene rings is 3. The zero-order chi connectivity index (χ0) is 30.2. The van der Waals surface area contributed by atoms with E-state index in [1.807, 2.05) is 31.2 Å². The van der Waals surface area contributed by atoms with Gasteiger partial charge in [0, 0.05) is 23.4 Å². The number of aliphatic carboxylic acids is 1. The van der Waals surface area contributed by atoms with Gasteiger partial charge in [-0.2, -0.15) is 18.3 Å². The predicted octanol–water partition coefficient (Wildman–Crippen LogP) is 5.16. The van der Waals surface area contributed by atoms with Gasteiger partial charge in [0.2, 0.25) is 5.91 Å². The van der Waals surface area contributed by atoms with Crippen molar-refractivity contribution in [3.63, 3.8) is 0 Å². The summed E-state index contributed by atoms with van der Waals surface area (Å²) in [5.74, 6) is -3.33. The van der Waals surface area contributed by atoms with E-state index in [-0.39, 0.29) is 18.0 Å². The molecule has 4 rings (SSSR count). The molecule has 3 aromatic carbocycles. The van der Waals surface area contributed by atoms with Crippen LogP contribution in [0.15, 0.2) is 85.2 Å². The van der Waals surface area contributed by atoms with Crippen LogP contribution in [-0.2, 0) is 16.0 Å². The zero-order valence-electron chi connectivity index (χ0n) is 21.3. The fraction of sp³-hybridized carbons (Fsp3) is 0.111. The van der Waals surface area contributed by atoms with Gasteiger partial charge in [-0.15, -0.1) is 0 Å². The molecule has 0 unspecified atom stereocenters. The molecule has 0 atom stereocenters. The summed E-state index contributed by atoms with van der Waals surface area (Å²) in [5.41, 5.74) is 3.72. The maximum Gasteiger partial charge on any atom is 0.490 e. The van der Waals surface area contributed by atoms with Gasteiger partial charge in [-0.3, -0.25) is 19.7 Å². The highest BCUT2D eigenvalue weighted by Crippen LogP contribution is 2.19. The topological polar surface area (TPSA) is 156 Å². The van der Waals surface area contributed by atoms with Crippen LogP contribution in [0.25, 0.3) is 5.69 Å². The number of hydrogen-bond donors (Lipinski definition) is 3. The summed E-state index contributed by atoms with van der Waals surface area (Å²) in [7, 11) is 0. The lowest BCUT2D eigenvalue weighted by atomic mass is 10.1. The lowest BCUT2D eigenvalue weighted by Crippen LogP contribution is -2.21. The molecule has 0 aliphatic carbocycles. The molecule has 0 aliphatic heterocycles. The lowest BCUT2D eigenvalue weighted by molar-refractivity contribution is -0.384. The van der Waals surface area contributed by atoms with Crippen molar-refractivity contribution in [1.29, 1.82) is 0 Å². The summed E-state index contributed by atoms with van der Waals surface area (Å²) < 4.78 is 33.3. The van der Waals surface area contributed by atoms with Crippen LogP contribution in [0.1, 0.15) is 21.5 Å². The number of nitrogens with one attached hydrogen (secondary N) is 2. The molecule has 41 heavy (non-hydrogen) atoms. The third-order valence-corrected chi connectivity index (χ3v) is 5.24. The predicted molar refractivity (Wildman–Crippen MR) is 142 cm³/mol. The number of halogens is 3. The minimum Gasteiger partial charge on any atom is -0.475 e. The van der Waals surface area contributed by atoms with Crippen molar-refractivity contribution in [3.8, 4) is 5.69 Å². The molecular formula is C27H22F3N5O6. The van der Waals surface area contributed by atoms with Crippen LogP contribution in [0.3, 0.4) is 0 Å². The number of carbonyl (C=O) groups is 3. The highest BCUT2D eigenvalue weighted by atomic mass is 19.4. The SMILES string of the molecule is Cc1cccc(CC(=O)Nc2cnn(-c3cccc(C(=O)Nc4cccc([N+](=O)[O-])c4)c3)c2)c1.O=C(O)C(F)(F)F. The molecule has 0 fully saturated rings. The summed E-state index contributed by atoms with van der Waals surface area (Å²) in [5, 5.41) is 27.8. The molecule has 2 amide bonds. The third-order valence-electron chi connectivity index (χ3n) is 5.24. The van der Waals surface area contributed by atoms with E-state index in [9.17, 15) is 32.9 Å². The Morgan fingerprint density at radius 3 is 2.32 bits per heavy atom. The van der Waals surface area contributed by atoms with E-state index in [0.717, 1.165) is 11.1 Å². The second-order valence-electron chi connectivity index (χ2n) is 8.50. The summed E-state index contributed by atoms with van der Waals surface area (Å²) in [6, 6.07) is 20.2. The van der Waals surface area contributed by atoms with Gasteiger partial charge in [0.1, 0.15) is 0 Å². The fourth-order valence-corrected chi connectivity index (χ4v) is 3.43. The third kappa shape index (κ3) is 9.02. The molecule has 0 bridgehead atoms. The molecule has 1 aromatic heterocycles. The largest absolute Gasteiger partial charge is 0.490 e. The molecule has 0 spiro atoms. The van der Waals surface area contributed by atoms with Crippen molar-refractivity contribution in [3.05, 3.63) is 112 Å². The molecule has 4 aromatic rings. The average molecular weight is 569 g/mol. The van der Waals surface area contributed by atoms with E-state index in [0.29, 0.717) is 22.6 Å². The second-order valence-corrected chi connectivity index (χ2v) is 8.50. The van der Waals surface area contributed by atoms with Crippen molar-refractivity contribution >= 4 is 34.8 Å².